The number of Topliss-reactive ketones (excluding diaryl/α,β-unsaturated/α-hetero) is 1. The van der Waals surface area contributed by atoms with Gasteiger partial charge in [-0.05, 0) is 31.0 Å². The summed E-state index contributed by atoms with van der Waals surface area (Å²) in [4.78, 5) is 44.9. The average Bonchev–Trinajstić information content (AvgIpc) is 3.21. The van der Waals surface area contributed by atoms with Gasteiger partial charge in [-0.1, -0.05) is 30.3 Å². The number of hydrogen-bond acceptors (Lipinski definition) is 8. The number of aryl methyl sites for hydroxylation is 1. The van der Waals surface area contributed by atoms with E-state index in [1.165, 1.54) is 17.4 Å². The van der Waals surface area contributed by atoms with Gasteiger partial charge in [-0.2, -0.15) is 4.98 Å². The van der Waals surface area contributed by atoms with Gasteiger partial charge in [0.1, 0.15) is 16.3 Å². The molecule has 1 aliphatic rings. The van der Waals surface area contributed by atoms with E-state index in [1.54, 1.807) is 11.1 Å². The normalized spacial score (nSPS) is 14.5. The lowest BCUT2D eigenvalue weighted by molar-refractivity contribution is -0.120. The summed E-state index contributed by atoms with van der Waals surface area (Å²) in [5.41, 5.74) is 2.36. The number of pyridine rings is 1. The number of nitrogens with one attached hydrogen (secondary N) is 1. The minimum absolute atomic E-state index is 0.142. The molecule has 0 spiro atoms. The first-order valence-electron chi connectivity index (χ1n) is 11.7. The summed E-state index contributed by atoms with van der Waals surface area (Å²) >= 11 is 1.37. The highest BCUT2D eigenvalue weighted by molar-refractivity contribution is 7.18. The van der Waals surface area contributed by atoms with E-state index in [4.69, 9.17) is 0 Å². The van der Waals surface area contributed by atoms with Crippen LogP contribution in [0.15, 0.2) is 48.8 Å². The Morgan fingerprint density at radius 1 is 1.17 bits per heavy atom. The zero-order chi connectivity index (χ0) is 25.2. The predicted octanol–water partition coefficient (Wildman–Crippen LogP) is 4.38. The summed E-state index contributed by atoms with van der Waals surface area (Å²) in [5, 5.41) is 3.91. The molecule has 0 aliphatic carbocycles. The van der Waals surface area contributed by atoms with Gasteiger partial charge in [0.2, 0.25) is 5.95 Å². The van der Waals surface area contributed by atoms with Crippen LogP contribution in [0.5, 0.6) is 0 Å². The molecular formula is C26H25FN6O2S. The van der Waals surface area contributed by atoms with Crippen molar-refractivity contribution in [3.05, 3.63) is 76.4 Å². The number of benzene rings is 1. The Morgan fingerprint density at radius 2 is 1.94 bits per heavy atom. The second-order valence-electron chi connectivity index (χ2n) is 9.07. The minimum Gasteiger partial charge on any atom is -0.348 e. The van der Waals surface area contributed by atoms with Crippen molar-refractivity contribution < 1.29 is 14.0 Å². The van der Waals surface area contributed by atoms with E-state index in [0.29, 0.717) is 41.8 Å². The first-order valence-corrected chi connectivity index (χ1v) is 12.5. The van der Waals surface area contributed by atoms with E-state index >= 15 is 0 Å². The lowest BCUT2D eigenvalue weighted by atomic mass is 9.91. The van der Waals surface area contributed by atoms with Gasteiger partial charge in [0, 0.05) is 38.0 Å². The van der Waals surface area contributed by atoms with Crippen LogP contribution in [0.2, 0.25) is 0 Å². The van der Waals surface area contributed by atoms with Crippen LogP contribution < -0.4 is 5.32 Å². The Labute approximate surface area is 211 Å². The average molecular weight is 505 g/mol. The van der Waals surface area contributed by atoms with Gasteiger partial charge >= 0.3 is 0 Å². The zero-order valence-corrected chi connectivity index (χ0v) is 20.8. The molecule has 3 aromatic heterocycles. The Bertz CT molecular complexity index is 1420. The molecule has 1 amide bonds. The quantitative estimate of drug-likeness (QED) is 0.380. The number of halogens is 1. The number of aromatic nitrogens is 4. The summed E-state index contributed by atoms with van der Waals surface area (Å²) in [7, 11) is 0. The molecule has 4 aromatic rings. The number of likely N-dealkylation sites (tertiary alicyclic amines) is 1. The summed E-state index contributed by atoms with van der Waals surface area (Å²) in [6, 6.07) is 10.7. The van der Waals surface area contributed by atoms with E-state index in [2.05, 4.69) is 25.3 Å². The number of amides is 1. The molecule has 1 fully saturated rings. The van der Waals surface area contributed by atoms with Gasteiger partial charge < -0.3 is 10.2 Å². The molecule has 8 nitrogen and oxygen atoms in total. The van der Waals surface area contributed by atoms with Crippen molar-refractivity contribution in [1.29, 1.82) is 0 Å². The second-order valence-corrected chi connectivity index (χ2v) is 10.3. The van der Waals surface area contributed by atoms with Gasteiger partial charge in [-0.25, -0.2) is 14.4 Å². The molecule has 0 bridgehead atoms. The largest absolute Gasteiger partial charge is 0.348 e. The smallest absolute Gasteiger partial charge is 0.274 e. The van der Waals surface area contributed by atoms with Crippen LogP contribution >= 0.6 is 11.3 Å². The summed E-state index contributed by atoms with van der Waals surface area (Å²) in [6.07, 6.45) is 3.57. The van der Waals surface area contributed by atoms with Gasteiger partial charge in [0.05, 0.1) is 17.2 Å². The number of nitrogens with zero attached hydrogens (tertiary/aromatic N) is 5. The molecule has 0 saturated carbocycles. The van der Waals surface area contributed by atoms with Crippen LogP contribution in [0.4, 0.5) is 10.3 Å². The number of rotatable bonds is 8. The number of fused-ring (bicyclic) bond motifs is 1. The van der Waals surface area contributed by atoms with Crippen LogP contribution in [0.1, 0.15) is 46.0 Å². The van der Waals surface area contributed by atoms with Crippen LogP contribution in [-0.2, 0) is 11.2 Å². The molecular weight excluding hydrogens is 479 g/mol. The fourth-order valence-electron chi connectivity index (χ4n) is 4.31. The Morgan fingerprint density at radius 3 is 2.69 bits per heavy atom. The molecule has 184 valence electrons. The maximum Gasteiger partial charge on any atom is 0.274 e. The van der Waals surface area contributed by atoms with Crippen molar-refractivity contribution >= 4 is 39.3 Å². The lowest BCUT2D eigenvalue weighted by Crippen LogP contribution is -2.50. The van der Waals surface area contributed by atoms with Crippen molar-refractivity contribution in [2.45, 2.75) is 32.7 Å². The molecule has 5 rings (SSSR count). The van der Waals surface area contributed by atoms with E-state index in [0.717, 1.165) is 16.8 Å². The van der Waals surface area contributed by atoms with Crippen molar-refractivity contribution in [2.24, 2.45) is 5.92 Å². The van der Waals surface area contributed by atoms with E-state index in [9.17, 15) is 14.0 Å². The fourth-order valence-corrected chi connectivity index (χ4v) is 5.15. The third-order valence-corrected chi connectivity index (χ3v) is 7.11. The van der Waals surface area contributed by atoms with Crippen LogP contribution in [0.3, 0.4) is 0 Å². The molecule has 1 atom stereocenters. The zero-order valence-electron chi connectivity index (χ0n) is 19.9. The fraction of sp³-hybridized carbons (Fsp3) is 0.308. The third kappa shape index (κ3) is 5.23. The maximum atomic E-state index is 13.6. The molecule has 36 heavy (non-hydrogen) atoms. The van der Waals surface area contributed by atoms with Crippen LogP contribution in [-0.4, -0.2) is 49.6 Å². The Balaban J connectivity index is 1.28. The van der Waals surface area contributed by atoms with Gasteiger partial charge in [-0.3, -0.25) is 14.6 Å². The molecule has 1 saturated heterocycles. The molecule has 1 unspecified atom stereocenters. The standard InChI is InChI=1S/C26H25FN6O2S/c1-15(19-10-20(27)12-28-11-19)29-26-31-22(23-24(32-26)30-16(2)36-23)25(35)33-13-18(14-33)9-21(34)8-17-6-4-3-5-7-17/h3-7,10-12,15,18H,8-9,13-14H2,1-2H3,(H,29,31,32). The van der Waals surface area contributed by atoms with Crippen LogP contribution in [0, 0.1) is 18.7 Å². The van der Waals surface area contributed by atoms with Gasteiger partial charge in [0.15, 0.2) is 11.3 Å². The van der Waals surface area contributed by atoms with Gasteiger partial charge in [0.25, 0.3) is 5.91 Å². The highest BCUT2D eigenvalue weighted by atomic mass is 32.1. The summed E-state index contributed by atoms with van der Waals surface area (Å²) < 4.78 is 14.2. The first kappa shape index (κ1) is 23.9. The van der Waals surface area contributed by atoms with Crippen LogP contribution in [0.25, 0.3) is 10.3 Å². The van der Waals surface area contributed by atoms with Gasteiger partial charge in [-0.15, -0.1) is 11.3 Å². The van der Waals surface area contributed by atoms with Crippen molar-refractivity contribution in [3.8, 4) is 0 Å². The number of carbonyl (C=O) groups excluding carboxylic acids is 2. The van der Waals surface area contributed by atoms with E-state index in [-0.39, 0.29) is 35.3 Å². The molecule has 0 radical (unpaired) electrons. The Kier molecular flexibility index (Phi) is 6.69. The maximum absolute atomic E-state index is 13.6. The summed E-state index contributed by atoms with van der Waals surface area (Å²) in [5.74, 6) is -0.0843. The van der Waals surface area contributed by atoms with E-state index in [1.807, 2.05) is 44.2 Å². The molecule has 4 heterocycles. The van der Waals surface area contributed by atoms with Crippen molar-refractivity contribution in [1.82, 2.24) is 24.8 Å². The first-order chi connectivity index (χ1) is 17.4. The molecule has 1 aromatic carbocycles. The van der Waals surface area contributed by atoms with Crippen molar-refractivity contribution in [2.75, 3.05) is 18.4 Å². The number of thiazole rings is 1. The monoisotopic (exact) mass is 504 g/mol. The predicted molar refractivity (Wildman–Crippen MR) is 135 cm³/mol. The second kappa shape index (κ2) is 10.1. The molecule has 1 aliphatic heterocycles. The molecule has 10 heteroatoms. The number of carbonyl (C=O) groups is 2. The highest BCUT2D eigenvalue weighted by Gasteiger charge is 2.34. The Hall–Kier alpha value is -3.79. The SMILES string of the molecule is Cc1nc2nc(NC(C)c3cncc(F)c3)nc(C(=O)N3CC(CC(=O)Cc4ccccc4)C3)c2s1. The number of anilines is 1. The topological polar surface area (TPSA) is 101 Å². The van der Waals surface area contributed by atoms with Crippen molar-refractivity contribution in [3.63, 3.8) is 0 Å². The highest BCUT2D eigenvalue weighted by Crippen LogP contribution is 2.29. The van der Waals surface area contributed by atoms with E-state index < -0.39 is 5.82 Å². The minimum atomic E-state index is -0.432. The summed E-state index contributed by atoms with van der Waals surface area (Å²) in [6.45, 7) is 4.71. The third-order valence-electron chi connectivity index (χ3n) is 6.14. The number of hydrogen-bond donors (Lipinski definition) is 1. The lowest BCUT2D eigenvalue weighted by Gasteiger charge is -2.38. The molecule has 1 N–H and O–H groups in total. The number of ketones is 1.